The molecule has 1 N–H and O–H groups in total. The molecule has 0 saturated heterocycles. The second-order valence-corrected chi connectivity index (χ2v) is 7.02. The summed E-state index contributed by atoms with van der Waals surface area (Å²) < 4.78 is 5.24. The van der Waals surface area contributed by atoms with Gasteiger partial charge in [-0.2, -0.15) is 0 Å². The number of rotatable bonds is 7. The molecule has 0 amide bonds. The maximum absolute atomic E-state index is 13.3. The SMILES string of the molecule is COc1ccc(N[C@H](C(=O)c2ccccc2)c2ccc(-c3ccccc3)cc2)cc1. The van der Waals surface area contributed by atoms with Gasteiger partial charge in [0, 0.05) is 11.3 Å². The van der Waals surface area contributed by atoms with Crippen LogP contribution in [-0.4, -0.2) is 12.9 Å². The number of nitrogens with one attached hydrogen (secondary N) is 1. The monoisotopic (exact) mass is 393 g/mol. The molecule has 0 unspecified atom stereocenters. The Morgan fingerprint density at radius 1 is 0.700 bits per heavy atom. The fourth-order valence-electron chi connectivity index (χ4n) is 3.42. The van der Waals surface area contributed by atoms with E-state index >= 15 is 0 Å². The van der Waals surface area contributed by atoms with E-state index in [4.69, 9.17) is 4.74 Å². The van der Waals surface area contributed by atoms with Gasteiger partial charge in [-0.3, -0.25) is 4.79 Å². The molecule has 0 heterocycles. The quantitative estimate of drug-likeness (QED) is 0.369. The predicted octanol–water partition coefficient (Wildman–Crippen LogP) is 6.40. The van der Waals surface area contributed by atoms with Crippen LogP contribution in [0.4, 0.5) is 5.69 Å². The highest BCUT2D eigenvalue weighted by molar-refractivity contribution is 6.02. The molecule has 0 fully saturated rings. The third-order valence-corrected chi connectivity index (χ3v) is 5.07. The van der Waals surface area contributed by atoms with E-state index in [1.807, 2.05) is 84.9 Å². The lowest BCUT2D eigenvalue weighted by molar-refractivity contribution is 0.0969. The Bertz CT molecular complexity index is 1090. The van der Waals surface area contributed by atoms with Crippen LogP contribution in [0.3, 0.4) is 0 Å². The molecule has 0 spiro atoms. The first-order valence-corrected chi connectivity index (χ1v) is 9.90. The van der Waals surface area contributed by atoms with Crippen LogP contribution in [0.25, 0.3) is 11.1 Å². The van der Waals surface area contributed by atoms with Crippen molar-refractivity contribution in [3.63, 3.8) is 0 Å². The topological polar surface area (TPSA) is 38.3 Å². The van der Waals surface area contributed by atoms with E-state index in [2.05, 4.69) is 29.6 Å². The maximum Gasteiger partial charge on any atom is 0.189 e. The van der Waals surface area contributed by atoms with Crippen molar-refractivity contribution in [3.8, 4) is 16.9 Å². The fourth-order valence-corrected chi connectivity index (χ4v) is 3.42. The van der Waals surface area contributed by atoms with Gasteiger partial charge in [-0.1, -0.05) is 84.9 Å². The molecular weight excluding hydrogens is 370 g/mol. The van der Waals surface area contributed by atoms with Gasteiger partial charge in [-0.15, -0.1) is 0 Å². The van der Waals surface area contributed by atoms with Gasteiger partial charge >= 0.3 is 0 Å². The Labute approximate surface area is 177 Å². The van der Waals surface area contributed by atoms with Crippen molar-refractivity contribution < 1.29 is 9.53 Å². The highest BCUT2D eigenvalue weighted by Crippen LogP contribution is 2.27. The van der Waals surface area contributed by atoms with Gasteiger partial charge in [0.15, 0.2) is 5.78 Å². The van der Waals surface area contributed by atoms with Crippen molar-refractivity contribution in [1.82, 2.24) is 0 Å². The third-order valence-electron chi connectivity index (χ3n) is 5.07. The van der Waals surface area contributed by atoms with E-state index in [1.165, 1.54) is 0 Å². The summed E-state index contributed by atoms with van der Waals surface area (Å²) in [5.41, 5.74) is 4.72. The molecule has 1 atom stereocenters. The van der Waals surface area contributed by atoms with Crippen LogP contribution in [0.15, 0.2) is 109 Å². The van der Waals surface area contributed by atoms with Crippen LogP contribution >= 0.6 is 0 Å². The molecule has 148 valence electrons. The second kappa shape index (κ2) is 9.10. The Kier molecular flexibility index (Phi) is 5.90. The van der Waals surface area contributed by atoms with E-state index in [0.29, 0.717) is 5.56 Å². The molecule has 0 aliphatic rings. The molecule has 0 bridgehead atoms. The van der Waals surface area contributed by atoms with E-state index in [1.54, 1.807) is 7.11 Å². The number of ketones is 1. The molecule has 0 aliphatic heterocycles. The molecule has 4 rings (SSSR count). The summed E-state index contributed by atoms with van der Waals surface area (Å²) in [6.45, 7) is 0. The maximum atomic E-state index is 13.3. The van der Waals surface area contributed by atoms with Crippen molar-refractivity contribution in [2.75, 3.05) is 12.4 Å². The molecule has 4 aromatic carbocycles. The number of methoxy groups -OCH3 is 1. The zero-order valence-corrected chi connectivity index (χ0v) is 16.8. The number of carbonyl (C=O) groups excluding carboxylic acids is 1. The lowest BCUT2D eigenvalue weighted by Gasteiger charge is -2.20. The summed E-state index contributed by atoms with van der Waals surface area (Å²) in [6, 6.07) is 34.9. The fraction of sp³-hybridized carbons (Fsp3) is 0.0741. The molecule has 0 aliphatic carbocycles. The molecule has 0 aromatic heterocycles. The normalized spacial score (nSPS) is 11.5. The van der Waals surface area contributed by atoms with E-state index in [0.717, 1.165) is 28.1 Å². The van der Waals surface area contributed by atoms with Crippen LogP contribution in [0.1, 0.15) is 22.0 Å². The van der Waals surface area contributed by atoms with Crippen molar-refractivity contribution >= 4 is 11.5 Å². The van der Waals surface area contributed by atoms with Crippen LogP contribution < -0.4 is 10.1 Å². The van der Waals surface area contributed by atoms with Gasteiger partial charge in [0.2, 0.25) is 0 Å². The molecule has 3 heteroatoms. The van der Waals surface area contributed by atoms with Crippen LogP contribution in [-0.2, 0) is 0 Å². The summed E-state index contributed by atoms with van der Waals surface area (Å²) in [5.74, 6) is 0.803. The first kappa shape index (κ1) is 19.5. The second-order valence-electron chi connectivity index (χ2n) is 7.02. The number of benzene rings is 4. The minimum absolute atomic E-state index is 0.0267. The minimum atomic E-state index is -0.495. The highest BCUT2D eigenvalue weighted by Gasteiger charge is 2.22. The predicted molar refractivity (Wildman–Crippen MR) is 122 cm³/mol. The van der Waals surface area contributed by atoms with Gasteiger partial charge < -0.3 is 10.1 Å². The lowest BCUT2D eigenvalue weighted by atomic mass is 9.95. The van der Waals surface area contributed by atoms with E-state index in [9.17, 15) is 4.79 Å². The number of ether oxygens (including phenoxy) is 1. The zero-order valence-electron chi connectivity index (χ0n) is 16.8. The van der Waals surface area contributed by atoms with Gasteiger partial charge in [0.05, 0.1) is 7.11 Å². The number of anilines is 1. The summed E-state index contributed by atoms with van der Waals surface area (Å²) in [5, 5.41) is 3.40. The van der Waals surface area contributed by atoms with Gasteiger partial charge in [0.25, 0.3) is 0 Å². The first-order valence-electron chi connectivity index (χ1n) is 9.90. The van der Waals surface area contributed by atoms with Crippen molar-refractivity contribution in [1.29, 1.82) is 0 Å². The summed E-state index contributed by atoms with van der Waals surface area (Å²) in [6.07, 6.45) is 0. The first-order chi connectivity index (χ1) is 14.7. The summed E-state index contributed by atoms with van der Waals surface area (Å²) in [4.78, 5) is 13.3. The van der Waals surface area contributed by atoms with E-state index in [-0.39, 0.29) is 5.78 Å². The Morgan fingerprint density at radius 3 is 1.87 bits per heavy atom. The average Bonchev–Trinajstić information content (AvgIpc) is 2.84. The molecule has 3 nitrogen and oxygen atoms in total. The molecule has 4 aromatic rings. The van der Waals surface area contributed by atoms with Gasteiger partial charge in [-0.25, -0.2) is 0 Å². The van der Waals surface area contributed by atoms with E-state index < -0.39 is 6.04 Å². The Hall–Kier alpha value is -3.85. The Morgan fingerprint density at radius 2 is 1.27 bits per heavy atom. The smallest absolute Gasteiger partial charge is 0.189 e. The summed E-state index contributed by atoms with van der Waals surface area (Å²) >= 11 is 0. The number of carbonyl (C=O) groups is 1. The van der Waals surface area contributed by atoms with Gasteiger partial charge in [0.1, 0.15) is 11.8 Å². The molecule has 0 saturated carbocycles. The van der Waals surface area contributed by atoms with Crippen molar-refractivity contribution in [2.45, 2.75) is 6.04 Å². The number of Topliss-reactive ketones (excluding diaryl/α,β-unsaturated/α-hetero) is 1. The average molecular weight is 393 g/mol. The molecular formula is C27H23NO2. The van der Waals surface area contributed by atoms with Crippen molar-refractivity contribution in [3.05, 3.63) is 120 Å². The number of hydrogen-bond donors (Lipinski definition) is 1. The lowest BCUT2D eigenvalue weighted by Crippen LogP contribution is -2.21. The van der Waals surface area contributed by atoms with Gasteiger partial charge in [-0.05, 0) is 41.0 Å². The van der Waals surface area contributed by atoms with Crippen LogP contribution in [0, 0.1) is 0 Å². The minimum Gasteiger partial charge on any atom is -0.497 e. The largest absolute Gasteiger partial charge is 0.497 e. The third kappa shape index (κ3) is 4.41. The number of hydrogen-bond acceptors (Lipinski definition) is 3. The summed E-state index contributed by atoms with van der Waals surface area (Å²) in [7, 11) is 1.64. The molecule has 0 radical (unpaired) electrons. The van der Waals surface area contributed by atoms with Crippen LogP contribution in [0.2, 0.25) is 0 Å². The Balaban J connectivity index is 1.66. The van der Waals surface area contributed by atoms with Crippen LogP contribution in [0.5, 0.6) is 5.75 Å². The zero-order chi connectivity index (χ0) is 20.8. The van der Waals surface area contributed by atoms with Crippen molar-refractivity contribution in [2.24, 2.45) is 0 Å². The standard InChI is InChI=1S/C27H23NO2/c1-30-25-18-16-24(17-19-25)28-26(27(29)23-10-6-3-7-11-23)22-14-12-21(13-15-22)20-8-4-2-5-9-20/h2-19,26,28H,1H3/t26-/m0/s1. The molecule has 30 heavy (non-hydrogen) atoms. The highest BCUT2D eigenvalue weighted by atomic mass is 16.5.